The summed E-state index contributed by atoms with van der Waals surface area (Å²) in [5.74, 6) is 0.420. The second-order valence-electron chi connectivity index (χ2n) is 7.94. The van der Waals surface area contributed by atoms with Crippen LogP contribution < -0.4 is 10.9 Å². The van der Waals surface area contributed by atoms with Crippen LogP contribution in [0, 0.1) is 5.82 Å². The Morgan fingerprint density at radius 2 is 2.12 bits per heavy atom. The van der Waals surface area contributed by atoms with Crippen molar-refractivity contribution in [2.75, 3.05) is 30.7 Å². The molecule has 0 saturated carbocycles. The van der Waals surface area contributed by atoms with E-state index in [2.05, 4.69) is 15.3 Å². The SMILES string of the molecule is CSCO[C@H](Cn1ccc(-c2ccnc(NC3CCOCC3)n2)cc1=O)c1ccc(Cl)c(F)c1. The molecule has 0 amide bonds. The van der Waals surface area contributed by atoms with Gasteiger partial charge in [-0.25, -0.2) is 14.4 Å². The van der Waals surface area contributed by atoms with Gasteiger partial charge in [-0.15, -0.1) is 11.8 Å². The number of ether oxygens (including phenoxy) is 2. The third-order valence-electron chi connectivity index (χ3n) is 5.57. The van der Waals surface area contributed by atoms with Crippen molar-refractivity contribution in [3.63, 3.8) is 0 Å². The number of pyridine rings is 1. The van der Waals surface area contributed by atoms with Gasteiger partial charge in [-0.3, -0.25) is 4.79 Å². The van der Waals surface area contributed by atoms with Crippen LogP contribution in [-0.2, 0) is 16.0 Å². The Bertz CT molecular complexity index is 1170. The zero-order chi connectivity index (χ0) is 23.9. The van der Waals surface area contributed by atoms with E-state index in [0.29, 0.717) is 28.7 Å². The molecule has 0 spiro atoms. The van der Waals surface area contributed by atoms with Crippen LogP contribution in [0.2, 0.25) is 5.02 Å². The van der Waals surface area contributed by atoms with Crippen LogP contribution in [0.4, 0.5) is 10.3 Å². The van der Waals surface area contributed by atoms with Crippen LogP contribution in [0.15, 0.2) is 53.6 Å². The average molecular weight is 505 g/mol. The fourth-order valence-electron chi connectivity index (χ4n) is 3.73. The van der Waals surface area contributed by atoms with E-state index in [1.54, 1.807) is 29.1 Å². The standard InChI is InChI=1S/C24H26ClFN4O3S/c1-34-15-33-22(17-2-3-19(25)20(26)12-17)14-30-9-5-16(13-23(30)31)21-4-8-27-24(29-21)28-18-6-10-32-11-7-18/h2-5,8-9,12-13,18,22H,6-7,10-11,14-15H2,1H3,(H,27,28,29)/t22-/m1/s1. The van der Waals surface area contributed by atoms with Gasteiger partial charge in [0, 0.05) is 43.3 Å². The summed E-state index contributed by atoms with van der Waals surface area (Å²) in [6.07, 6.45) is 6.59. The number of halogens is 2. The third kappa shape index (κ3) is 6.35. The molecule has 3 aromatic rings. The molecule has 2 aromatic heterocycles. The van der Waals surface area contributed by atoms with Crippen LogP contribution in [0.5, 0.6) is 0 Å². The molecule has 1 aromatic carbocycles. The van der Waals surface area contributed by atoms with Crippen molar-refractivity contribution in [1.82, 2.24) is 14.5 Å². The lowest BCUT2D eigenvalue weighted by molar-refractivity contribution is 0.0749. The number of benzene rings is 1. The highest BCUT2D eigenvalue weighted by atomic mass is 35.5. The molecule has 1 aliphatic heterocycles. The van der Waals surface area contributed by atoms with Gasteiger partial charge < -0.3 is 19.4 Å². The van der Waals surface area contributed by atoms with Crippen molar-refractivity contribution in [1.29, 1.82) is 0 Å². The summed E-state index contributed by atoms with van der Waals surface area (Å²) in [5, 5.41) is 3.39. The minimum atomic E-state index is -0.520. The monoisotopic (exact) mass is 504 g/mol. The molecule has 34 heavy (non-hydrogen) atoms. The van der Waals surface area contributed by atoms with Crippen LogP contribution in [0.1, 0.15) is 24.5 Å². The predicted octanol–water partition coefficient (Wildman–Crippen LogP) is 4.77. The quantitative estimate of drug-likeness (QED) is 0.421. The maximum atomic E-state index is 14.0. The van der Waals surface area contributed by atoms with Crippen LogP contribution in [0.25, 0.3) is 11.3 Å². The Kier molecular flexibility index (Phi) is 8.55. The third-order valence-corrected chi connectivity index (χ3v) is 6.25. The minimum Gasteiger partial charge on any atom is -0.381 e. The summed E-state index contributed by atoms with van der Waals surface area (Å²) in [5.41, 5.74) is 1.76. The van der Waals surface area contributed by atoms with Gasteiger partial charge in [-0.05, 0) is 48.9 Å². The first-order valence-electron chi connectivity index (χ1n) is 11.0. The van der Waals surface area contributed by atoms with Crippen molar-refractivity contribution in [2.24, 2.45) is 0 Å². The van der Waals surface area contributed by atoms with Gasteiger partial charge in [0.1, 0.15) is 11.9 Å². The molecule has 1 atom stereocenters. The highest BCUT2D eigenvalue weighted by molar-refractivity contribution is 7.98. The molecule has 0 radical (unpaired) electrons. The molecule has 1 aliphatic rings. The number of hydrogen-bond acceptors (Lipinski definition) is 7. The molecule has 4 rings (SSSR count). The molecule has 1 N–H and O–H groups in total. The summed E-state index contributed by atoms with van der Waals surface area (Å²) in [7, 11) is 0. The fraction of sp³-hybridized carbons (Fsp3) is 0.375. The molecule has 1 saturated heterocycles. The van der Waals surface area contributed by atoms with E-state index in [1.807, 2.05) is 12.3 Å². The Morgan fingerprint density at radius 3 is 2.85 bits per heavy atom. The van der Waals surface area contributed by atoms with Crippen LogP contribution in [0.3, 0.4) is 0 Å². The topological polar surface area (TPSA) is 78.3 Å². The maximum absolute atomic E-state index is 14.0. The fourth-order valence-corrected chi connectivity index (χ4v) is 4.15. The molecular weight excluding hydrogens is 479 g/mol. The minimum absolute atomic E-state index is 0.0458. The first-order valence-corrected chi connectivity index (χ1v) is 12.7. The van der Waals surface area contributed by atoms with E-state index in [0.717, 1.165) is 26.1 Å². The highest BCUT2D eigenvalue weighted by Gasteiger charge is 2.17. The second kappa shape index (κ2) is 11.8. The zero-order valence-electron chi connectivity index (χ0n) is 18.7. The Labute approximate surface area is 206 Å². The van der Waals surface area contributed by atoms with Crippen molar-refractivity contribution < 1.29 is 13.9 Å². The molecule has 0 unspecified atom stereocenters. The van der Waals surface area contributed by atoms with Gasteiger partial charge in [0.05, 0.1) is 23.2 Å². The van der Waals surface area contributed by atoms with Crippen molar-refractivity contribution in [3.8, 4) is 11.3 Å². The van der Waals surface area contributed by atoms with E-state index < -0.39 is 11.9 Å². The lowest BCUT2D eigenvalue weighted by atomic mass is 10.1. The second-order valence-corrected chi connectivity index (χ2v) is 9.16. The van der Waals surface area contributed by atoms with Gasteiger partial charge in [0.2, 0.25) is 5.95 Å². The molecule has 7 nitrogen and oxygen atoms in total. The van der Waals surface area contributed by atoms with Crippen LogP contribution >= 0.6 is 23.4 Å². The van der Waals surface area contributed by atoms with E-state index in [4.69, 9.17) is 21.1 Å². The number of aromatic nitrogens is 3. The molecule has 180 valence electrons. The van der Waals surface area contributed by atoms with Crippen LogP contribution in [-0.4, -0.2) is 46.0 Å². The van der Waals surface area contributed by atoms with Gasteiger partial charge in [0.15, 0.2) is 0 Å². The number of anilines is 1. The lowest BCUT2D eigenvalue weighted by Crippen LogP contribution is -2.28. The summed E-state index contributed by atoms with van der Waals surface area (Å²) in [6, 6.07) is 9.96. The van der Waals surface area contributed by atoms with E-state index in [9.17, 15) is 9.18 Å². The highest BCUT2D eigenvalue weighted by Crippen LogP contribution is 2.25. The summed E-state index contributed by atoms with van der Waals surface area (Å²) in [4.78, 5) is 21.8. The smallest absolute Gasteiger partial charge is 0.251 e. The average Bonchev–Trinajstić information content (AvgIpc) is 2.85. The van der Waals surface area contributed by atoms with E-state index in [1.165, 1.54) is 30.0 Å². The number of thioether (sulfide) groups is 1. The number of nitrogens with one attached hydrogen (secondary N) is 1. The van der Waals surface area contributed by atoms with Gasteiger partial charge in [-0.2, -0.15) is 0 Å². The van der Waals surface area contributed by atoms with Gasteiger partial charge in [0.25, 0.3) is 5.56 Å². The number of hydrogen-bond donors (Lipinski definition) is 1. The summed E-state index contributed by atoms with van der Waals surface area (Å²) >= 11 is 7.32. The van der Waals surface area contributed by atoms with Crippen molar-refractivity contribution in [2.45, 2.75) is 31.5 Å². The molecule has 3 heterocycles. The Balaban J connectivity index is 1.52. The molecule has 0 bridgehead atoms. The summed E-state index contributed by atoms with van der Waals surface area (Å²) in [6.45, 7) is 1.68. The molecule has 0 aliphatic carbocycles. The predicted molar refractivity (Wildman–Crippen MR) is 133 cm³/mol. The number of rotatable bonds is 9. The molecule has 10 heteroatoms. The first kappa shape index (κ1) is 24.7. The maximum Gasteiger partial charge on any atom is 0.251 e. The Morgan fingerprint density at radius 1 is 1.29 bits per heavy atom. The van der Waals surface area contributed by atoms with Crippen molar-refractivity contribution in [3.05, 3.63) is 75.5 Å². The van der Waals surface area contributed by atoms with E-state index >= 15 is 0 Å². The van der Waals surface area contributed by atoms with Crippen molar-refractivity contribution >= 4 is 29.3 Å². The largest absolute Gasteiger partial charge is 0.381 e. The lowest BCUT2D eigenvalue weighted by Gasteiger charge is -2.23. The zero-order valence-corrected chi connectivity index (χ0v) is 20.3. The van der Waals surface area contributed by atoms with Gasteiger partial charge in [-0.1, -0.05) is 17.7 Å². The molecular formula is C24H26ClFN4O3S. The normalized spacial score (nSPS) is 15.3. The Hall–Kier alpha value is -2.46. The number of nitrogens with zero attached hydrogens (tertiary/aromatic N) is 3. The van der Waals surface area contributed by atoms with E-state index in [-0.39, 0.29) is 23.2 Å². The van der Waals surface area contributed by atoms with Gasteiger partial charge >= 0.3 is 0 Å². The first-order chi connectivity index (χ1) is 16.5. The molecule has 1 fully saturated rings. The summed E-state index contributed by atoms with van der Waals surface area (Å²) < 4.78 is 26.8.